The van der Waals surface area contributed by atoms with Crippen LogP contribution in [-0.4, -0.2) is 33.2 Å². The molecule has 8 heteroatoms. The van der Waals surface area contributed by atoms with E-state index in [-0.39, 0.29) is 11.9 Å². The number of hydrogen-bond acceptors (Lipinski definition) is 5. The zero-order valence-corrected chi connectivity index (χ0v) is 15.1. The average molecular weight is 372 g/mol. The zero-order chi connectivity index (χ0) is 18.5. The highest BCUT2D eigenvalue weighted by atomic mass is 35.5. The Bertz CT molecular complexity index is 881. The predicted octanol–water partition coefficient (Wildman–Crippen LogP) is 3.21. The van der Waals surface area contributed by atoms with E-state index in [4.69, 9.17) is 16.3 Å². The summed E-state index contributed by atoms with van der Waals surface area (Å²) in [6.07, 6.45) is 2.17. The molecule has 0 fully saturated rings. The van der Waals surface area contributed by atoms with Gasteiger partial charge < -0.3 is 10.1 Å². The second kappa shape index (κ2) is 7.97. The molecule has 0 aliphatic heterocycles. The lowest BCUT2D eigenvalue weighted by atomic mass is 10.0. The molecular weight excluding hydrogens is 354 g/mol. The van der Waals surface area contributed by atoms with E-state index < -0.39 is 0 Å². The number of rotatable bonds is 6. The van der Waals surface area contributed by atoms with Crippen molar-refractivity contribution >= 4 is 17.5 Å². The lowest BCUT2D eigenvalue weighted by Gasteiger charge is -2.19. The third kappa shape index (κ3) is 3.83. The van der Waals surface area contributed by atoms with Crippen LogP contribution in [0.1, 0.15) is 35.3 Å². The molecule has 0 aliphatic rings. The number of aromatic nitrogens is 4. The van der Waals surface area contributed by atoms with E-state index in [2.05, 4.69) is 20.8 Å². The Morgan fingerprint density at radius 2 is 2.04 bits per heavy atom. The topological polar surface area (TPSA) is 81.9 Å². The first-order chi connectivity index (χ1) is 12.6. The summed E-state index contributed by atoms with van der Waals surface area (Å²) in [5.41, 5.74) is 1.95. The number of carbonyl (C=O) groups excluding carboxylic acids is 1. The summed E-state index contributed by atoms with van der Waals surface area (Å²) >= 11 is 6.09. The van der Waals surface area contributed by atoms with E-state index in [0.717, 1.165) is 17.7 Å². The summed E-state index contributed by atoms with van der Waals surface area (Å²) < 4.78 is 6.61. The van der Waals surface area contributed by atoms with Crippen LogP contribution >= 0.6 is 11.6 Å². The molecule has 0 spiro atoms. The van der Waals surface area contributed by atoms with Gasteiger partial charge in [-0.1, -0.05) is 30.7 Å². The van der Waals surface area contributed by atoms with Crippen molar-refractivity contribution in [3.63, 3.8) is 0 Å². The van der Waals surface area contributed by atoms with Crippen molar-refractivity contribution in [2.45, 2.75) is 19.4 Å². The number of carbonyl (C=O) groups is 1. The summed E-state index contributed by atoms with van der Waals surface area (Å²) in [4.78, 5) is 12.9. The van der Waals surface area contributed by atoms with E-state index in [1.807, 2.05) is 31.2 Å². The number of halogens is 1. The standard InChI is InChI=1S/C18H18ClN5O2/c1-3-16(12-4-7-14(26-2)8-5-12)21-18(25)15-10-13(19)6-9-17(15)24-11-20-22-23-24/h4-11,16H,3H2,1-2H3,(H,21,25)/t16-/m1/s1. The quantitative estimate of drug-likeness (QED) is 0.719. The Hall–Kier alpha value is -2.93. The largest absolute Gasteiger partial charge is 0.497 e. The lowest BCUT2D eigenvalue weighted by molar-refractivity contribution is 0.0935. The molecule has 26 heavy (non-hydrogen) atoms. The van der Waals surface area contributed by atoms with Crippen LogP contribution in [0.4, 0.5) is 0 Å². The van der Waals surface area contributed by atoms with Crippen LogP contribution in [0.2, 0.25) is 5.02 Å². The molecule has 1 atom stereocenters. The fraction of sp³-hybridized carbons (Fsp3) is 0.222. The number of methoxy groups -OCH3 is 1. The Balaban J connectivity index is 1.87. The molecule has 0 bridgehead atoms. The molecule has 0 unspecified atom stereocenters. The molecular formula is C18H18ClN5O2. The number of hydrogen-bond donors (Lipinski definition) is 1. The summed E-state index contributed by atoms with van der Waals surface area (Å²) in [5, 5.41) is 14.6. The molecule has 0 aliphatic carbocycles. The molecule has 0 saturated heterocycles. The minimum Gasteiger partial charge on any atom is -0.497 e. The molecule has 0 saturated carbocycles. The molecule has 1 amide bonds. The van der Waals surface area contributed by atoms with Crippen molar-refractivity contribution in [1.82, 2.24) is 25.5 Å². The van der Waals surface area contributed by atoms with Gasteiger partial charge in [0.1, 0.15) is 12.1 Å². The van der Waals surface area contributed by atoms with Gasteiger partial charge in [0.25, 0.3) is 5.91 Å². The second-order valence-electron chi connectivity index (χ2n) is 5.62. The fourth-order valence-electron chi connectivity index (χ4n) is 2.65. The number of benzene rings is 2. The van der Waals surface area contributed by atoms with Gasteiger partial charge in [0.15, 0.2) is 0 Å². The van der Waals surface area contributed by atoms with Crippen LogP contribution in [0.15, 0.2) is 48.8 Å². The van der Waals surface area contributed by atoms with Crippen molar-refractivity contribution in [2.24, 2.45) is 0 Å². The van der Waals surface area contributed by atoms with Crippen molar-refractivity contribution in [1.29, 1.82) is 0 Å². The van der Waals surface area contributed by atoms with Crippen LogP contribution in [-0.2, 0) is 0 Å². The van der Waals surface area contributed by atoms with Crippen molar-refractivity contribution in [3.8, 4) is 11.4 Å². The number of ether oxygens (including phenoxy) is 1. The van der Waals surface area contributed by atoms with E-state index in [1.54, 1.807) is 25.3 Å². The molecule has 3 rings (SSSR count). The Morgan fingerprint density at radius 3 is 2.65 bits per heavy atom. The van der Waals surface area contributed by atoms with Gasteiger partial charge in [-0.2, -0.15) is 4.68 Å². The molecule has 2 aromatic carbocycles. The van der Waals surface area contributed by atoms with Crippen molar-refractivity contribution < 1.29 is 9.53 Å². The van der Waals surface area contributed by atoms with Gasteiger partial charge in [0.05, 0.1) is 24.4 Å². The Kier molecular flexibility index (Phi) is 5.48. The van der Waals surface area contributed by atoms with Crippen LogP contribution in [0.3, 0.4) is 0 Å². The first kappa shape index (κ1) is 17.9. The van der Waals surface area contributed by atoms with E-state index in [9.17, 15) is 4.79 Å². The first-order valence-electron chi connectivity index (χ1n) is 8.10. The fourth-order valence-corrected chi connectivity index (χ4v) is 2.83. The monoisotopic (exact) mass is 371 g/mol. The number of nitrogens with zero attached hydrogens (tertiary/aromatic N) is 4. The smallest absolute Gasteiger partial charge is 0.254 e. The van der Waals surface area contributed by atoms with Crippen LogP contribution in [0.5, 0.6) is 5.75 Å². The van der Waals surface area contributed by atoms with Gasteiger partial charge >= 0.3 is 0 Å². The molecule has 1 N–H and O–H groups in total. The highest BCUT2D eigenvalue weighted by Crippen LogP contribution is 2.23. The zero-order valence-electron chi connectivity index (χ0n) is 14.4. The molecule has 3 aromatic rings. The maximum absolute atomic E-state index is 12.9. The third-order valence-electron chi connectivity index (χ3n) is 4.03. The minimum atomic E-state index is -0.249. The van der Waals surface area contributed by atoms with Crippen LogP contribution < -0.4 is 10.1 Å². The summed E-state index contributed by atoms with van der Waals surface area (Å²) in [7, 11) is 1.62. The lowest BCUT2D eigenvalue weighted by Crippen LogP contribution is -2.29. The van der Waals surface area contributed by atoms with E-state index >= 15 is 0 Å². The van der Waals surface area contributed by atoms with Gasteiger partial charge in [-0.05, 0) is 52.7 Å². The summed E-state index contributed by atoms with van der Waals surface area (Å²) in [5.74, 6) is 0.520. The normalized spacial score (nSPS) is 11.8. The highest BCUT2D eigenvalue weighted by molar-refractivity contribution is 6.31. The van der Waals surface area contributed by atoms with Gasteiger partial charge in [-0.3, -0.25) is 4.79 Å². The molecule has 1 heterocycles. The highest BCUT2D eigenvalue weighted by Gasteiger charge is 2.19. The number of nitrogens with one attached hydrogen (secondary N) is 1. The average Bonchev–Trinajstić information content (AvgIpc) is 3.20. The summed E-state index contributed by atoms with van der Waals surface area (Å²) in [6, 6.07) is 12.5. The number of tetrazole rings is 1. The minimum absolute atomic E-state index is 0.144. The second-order valence-corrected chi connectivity index (χ2v) is 6.06. The predicted molar refractivity (Wildman–Crippen MR) is 97.7 cm³/mol. The van der Waals surface area contributed by atoms with Crippen LogP contribution in [0.25, 0.3) is 5.69 Å². The van der Waals surface area contributed by atoms with Gasteiger partial charge in [-0.15, -0.1) is 5.10 Å². The van der Waals surface area contributed by atoms with Gasteiger partial charge in [0, 0.05) is 5.02 Å². The first-order valence-corrected chi connectivity index (χ1v) is 8.48. The third-order valence-corrected chi connectivity index (χ3v) is 4.27. The number of amides is 1. The molecule has 134 valence electrons. The van der Waals surface area contributed by atoms with Gasteiger partial charge in [-0.25, -0.2) is 0 Å². The maximum atomic E-state index is 12.9. The molecule has 0 radical (unpaired) electrons. The van der Waals surface area contributed by atoms with Gasteiger partial charge in [0.2, 0.25) is 0 Å². The molecule has 1 aromatic heterocycles. The van der Waals surface area contributed by atoms with Crippen LogP contribution in [0, 0.1) is 0 Å². The molecule has 7 nitrogen and oxygen atoms in total. The SMILES string of the molecule is CC[C@@H](NC(=O)c1cc(Cl)ccc1-n1cnnn1)c1ccc(OC)cc1. The van der Waals surface area contributed by atoms with E-state index in [1.165, 1.54) is 11.0 Å². The van der Waals surface area contributed by atoms with E-state index in [0.29, 0.717) is 16.3 Å². The van der Waals surface area contributed by atoms with Crippen molar-refractivity contribution in [2.75, 3.05) is 7.11 Å². The Morgan fingerprint density at radius 1 is 1.27 bits per heavy atom. The summed E-state index contributed by atoms with van der Waals surface area (Å²) in [6.45, 7) is 2.01. The Labute approximate surface area is 155 Å². The maximum Gasteiger partial charge on any atom is 0.254 e. The van der Waals surface area contributed by atoms with Crippen molar-refractivity contribution in [3.05, 3.63) is 64.9 Å².